The van der Waals surface area contributed by atoms with Crippen molar-refractivity contribution in [3.8, 4) is 11.5 Å². The van der Waals surface area contributed by atoms with Crippen molar-refractivity contribution in [1.82, 2.24) is 4.83 Å². The largest absolute Gasteiger partial charge is 0.493 e. The van der Waals surface area contributed by atoms with Crippen molar-refractivity contribution >= 4 is 16.2 Å². The number of methoxy groups -OCH3 is 1. The molecule has 1 N–H and O–H groups in total. The van der Waals surface area contributed by atoms with Gasteiger partial charge in [0.1, 0.15) is 12.4 Å². The second-order valence-electron chi connectivity index (χ2n) is 5.99. The zero-order valence-electron chi connectivity index (χ0n) is 15.6. The Morgan fingerprint density at radius 3 is 2.41 bits per heavy atom. The molecule has 3 rings (SSSR count). The number of rotatable bonds is 8. The highest BCUT2D eigenvalue weighted by Gasteiger charge is 2.11. The molecule has 0 aliphatic heterocycles. The molecule has 0 radical (unpaired) electrons. The van der Waals surface area contributed by atoms with Gasteiger partial charge in [-0.3, -0.25) is 0 Å². The summed E-state index contributed by atoms with van der Waals surface area (Å²) in [5.74, 6) is 0.652. The number of hydrogen-bond donors (Lipinski definition) is 1. The van der Waals surface area contributed by atoms with E-state index in [2.05, 4.69) is 9.93 Å². The van der Waals surface area contributed by atoms with Gasteiger partial charge in [-0.1, -0.05) is 30.3 Å². The molecular formula is C21H19FN2O4S. The lowest BCUT2D eigenvalue weighted by molar-refractivity contribution is 0.284. The Kier molecular flexibility index (Phi) is 6.46. The monoisotopic (exact) mass is 414 g/mol. The SMILES string of the molecule is COc1cc(C=NNS(=O)(=O)c2ccccc2)ccc1OCc1ccc(F)cc1. The molecule has 150 valence electrons. The zero-order valence-corrected chi connectivity index (χ0v) is 16.4. The zero-order chi connectivity index (χ0) is 20.7. The minimum atomic E-state index is -3.73. The molecule has 0 heterocycles. The predicted octanol–water partition coefficient (Wildman–Crippen LogP) is 3.73. The Bertz CT molecular complexity index is 1090. The lowest BCUT2D eigenvalue weighted by atomic mass is 10.2. The third-order valence-corrected chi connectivity index (χ3v) is 5.17. The Hall–Kier alpha value is -3.39. The molecule has 0 atom stereocenters. The van der Waals surface area contributed by atoms with Gasteiger partial charge in [-0.15, -0.1) is 0 Å². The second-order valence-corrected chi connectivity index (χ2v) is 7.65. The maximum atomic E-state index is 13.0. The smallest absolute Gasteiger partial charge is 0.276 e. The second kappa shape index (κ2) is 9.20. The van der Waals surface area contributed by atoms with Crippen molar-refractivity contribution in [3.63, 3.8) is 0 Å². The van der Waals surface area contributed by atoms with Gasteiger partial charge in [0.25, 0.3) is 10.0 Å². The molecule has 0 saturated heterocycles. The summed E-state index contributed by atoms with van der Waals surface area (Å²) < 4.78 is 48.3. The standard InChI is InChI=1S/C21H19FN2O4S/c1-27-21-13-17(14-23-24-29(25,26)19-5-3-2-4-6-19)9-12-20(21)28-15-16-7-10-18(22)11-8-16/h2-14,24H,15H2,1H3. The molecule has 8 heteroatoms. The van der Waals surface area contributed by atoms with Gasteiger partial charge in [-0.2, -0.15) is 13.5 Å². The van der Waals surface area contributed by atoms with E-state index in [0.717, 1.165) is 5.56 Å². The van der Waals surface area contributed by atoms with Crippen molar-refractivity contribution < 1.29 is 22.3 Å². The fraction of sp³-hybridized carbons (Fsp3) is 0.0952. The van der Waals surface area contributed by atoms with Gasteiger partial charge < -0.3 is 9.47 Å². The van der Waals surface area contributed by atoms with Crippen molar-refractivity contribution in [3.05, 3.63) is 89.7 Å². The highest BCUT2D eigenvalue weighted by molar-refractivity contribution is 7.89. The maximum Gasteiger partial charge on any atom is 0.276 e. The number of benzene rings is 3. The number of halogens is 1. The molecular weight excluding hydrogens is 395 g/mol. The van der Waals surface area contributed by atoms with E-state index < -0.39 is 10.0 Å². The third-order valence-electron chi connectivity index (χ3n) is 3.94. The summed E-state index contributed by atoms with van der Waals surface area (Å²) in [5, 5.41) is 3.80. The molecule has 0 bridgehead atoms. The van der Waals surface area contributed by atoms with Gasteiger partial charge in [-0.05, 0) is 53.6 Å². The van der Waals surface area contributed by atoms with Crippen LogP contribution in [-0.4, -0.2) is 21.7 Å². The van der Waals surface area contributed by atoms with Gasteiger partial charge in [-0.25, -0.2) is 9.22 Å². The van der Waals surface area contributed by atoms with Crippen LogP contribution in [0.15, 0.2) is 82.8 Å². The van der Waals surface area contributed by atoms with E-state index in [9.17, 15) is 12.8 Å². The molecule has 0 spiro atoms. The van der Waals surface area contributed by atoms with E-state index in [1.54, 1.807) is 48.5 Å². The first-order valence-corrected chi connectivity index (χ1v) is 10.1. The van der Waals surface area contributed by atoms with E-state index in [4.69, 9.17) is 9.47 Å². The Morgan fingerprint density at radius 2 is 1.72 bits per heavy atom. The summed E-state index contributed by atoms with van der Waals surface area (Å²) >= 11 is 0. The number of hydrogen-bond acceptors (Lipinski definition) is 5. The van der Waals surface area contributed by atoms with Crippen LogP contribution < -0.4 is 14.3 Å². The highest BCUT2D eigenvalue weighted by atomic mass is 32.2. The van der Waals surface area contributed by atoms with Gasteiger partial charge >= 0.3 is 0 Å². The molecule has 0 aromatic heterocycles. The van der Waals surface area contributed by atoms with E-state index in [0.29, 0.717) is 17.1 Å². The highest BCUT2D eigenvalue weighted by Crippen LogP contribution is 2.28. The average molecular weight is 414 g/mol. The summed E-state index contributed by atoms with van der Waals surface area (Å²) in [6, 6.07) is 19.0. The van der Waals surface area contributed by atoms with Crippen molar-refractivity contribution in [2.45, 2.75) is 11.5 Å². The lowest BCUT2D eigenvalue weighted by Crippen LogP contribution is -2.18. The number of nitrogens with zero attached hydrogens (tertiary/aromatic N) is 1. The predicted molar refractivity (Wildman–Crippen MR) is 108 cm³/mol. The van der Waals surface area contributed by atoms with Crippen LogP contribution in [0.1, 0.15) is 11.1 Å². The quantitative estimate of drug-likeness (QED) is 0.450. The molecule has 6 nitrogen and oxygen atoms in total. The summed E-state index contributed by atoms with van der Waals surface area (Å²) in [6.45, 7) is 0.251. The fourth-order valence-corrected chi connectivity index (χ4v) is 3.26. The summed E-state index contributed by atoms with van der Waals surface area (Å²) in [6.07, 6.45) is 1.37. The molecule has 3 aromatic carbocycles. The van der Waals surface area contributed by atoms with E-state index >= 15 is 0 Å². The van der Waals surface area contributed by atoms with Crippen molar-refractivity contribution in [2.75, 3.05) is 7.11 Å². The minimum Gasteiger partial charge on any atom is -0.493 e. The van der Waals surface area contributed by atoms with Gasteiger partial charge in [0.05, 0.1) is 18.2 Å². The van der Waals surface area contributed by atoms with E-state index in [1.165, 1.54) is 37.6 Å². The van der Waals surface area contributed by atoms with Gasteiger partial charge in [0.15, 0.2) is 11.5 Å². The number of nitrogens with one attached hydrogen (secondary N) is 1. The number of sulfonamides is 1. The molecule has 3 aromatic rings. The topological polar surface area (TPSA) is 77.0 Å². The van der Waals surface area contributed by atoms with E-state index in [-0.39, 0.29) is 17.3 Å². The summed E-state index contributed by atoms with van der Waals surface area (Å²) in [5.41, 5.74) is 1.43. The van der Waals surface area contributed by atoms with Gasteiger partial charge in [0, 0.05) is 0 Å². The molecule has 0 aliphatic rings. The van der Waals surface area contributed by atoms with Crippen LogP contribution in [-0.2, 0) is 16.6 Å². The van der Waals surface area contributed by atoms with Gasteiger partial charge in [0.2, 0.25) is 0 Å². The average Bonchev–Trinajstić information content (AvgIpc) is 2.74. The minimum absolute atomic E-state index is 0.124. The van der Waals surface area contributed by atoms with Crippen molar-refractivity contribution in [1.29, 1.82) is 0 Å². The van der Waals surface area contributed by atoms with Crippen LogP contribution in [0.25, 0.3) is 0 Å². The first-order valence-electron chi connectivity index (χ1n) is 8.63. The van der Waals surface area contributed by atoms with Crippen molar-refractivity contribution in [2.24, 2.45) is 5.10 Å². The molecule has 29 heavy (non-hydrogen) atoms. The summed E-state index contributed by atoms with van der Waals surface area (Å²) in [7, 11) is -2.23. The maximum absolute atomic E-state index is 13.0. The molecule has 0 fully saturated rings. The van der Waals surface area contributed by atoms with Crippen LogP contribution >= 0.6 is 0 Å². The van der Waals surface area contributed by atoms with Crippen LogP contribution in [0.5, 0.6) is 11.5 Å². The normalized spacial score (nSPS) is 11.4. The number of ether oxygens (including phenoxy) is 2. The Balaban J connectivity index is 1.66. The Labute approximate surface area is 168 Å². The number of hydrazone groups is 1. The first kappa shape index (κ1) is 20.3. The fourth-order valence-electron chi connectivity index (χ4n) is 2.45. The van der Waals surface area contributed by atoms with Crippen LogP contribution in [0, 0.1) is 5.82 Å². The molecule has 0 amide bonds. The third kappa shape index (κ3) is 5.55. The molecule has 0 unspecified atom stereocenters. The Morgan fingerprint density at radius 1 is 1.00 bits per heavy atom. The molecule has 0 aliphatic carbocycles. The first-order chi connectivity index (χ1) is 14.0. The van der Waals surface area contributed by atoms with E-state index in [1.807, 2.05) is 0 Å². The van der Waals surface area contributed by atoms with Crippen LogP contribution in [0.4, 0.5) is 4.39 Å². The lowest BCUT2D eigenvalue weighted by Gasteiger charge is -2.11. The molecule has 0 saturated carbocycles. The van der Waals surface area contributed by atoms with Crippen LogP contribution in [0.2, 0.25) is 0 Å². The summed E-state index contributed by atoms with van der Waals surface area (Å²) in [4.78, 5) is 2.29. The van der Waals surface area contributed by atoms with Crippen LogP contribution in [0.3, 0.4) is 0 Å².